The Labute approximate surface area is 119 Å². The molecular formula is C16H21NOS. The van der Waals surface area contributed by atoms with Crippen LogP contribution in [0.15, 0.2) is 35.7 Å². The number of rotatable bonds is 6. The quantitative estimate of drug-likeness (QED) is 0.855. The summed E-state index contributed by atoms with van der Waals surface area (Å²) in [5.74, 6) is 0.948. The molecule has 0 aliphatic heterocycles. The van der Waals surface area contributed by atoms with Crippen molar-refractivity contribution >= 4 is 11.3 Å². The largest absolute Gasteiger partial charge is 0.494 e. The molecule has 0 aliphatic rings. The van der Waals surface area contributed by atoms with Crippen molar-refractivity contribution in [1.29, 1.82) is 0 Å². The molecule has 0 spiro atoms. The van der Waals surface area contributed by atoms with Crippen LogP contribution in [-0.2, 0) is 0 Å². The van der Waals surface area contributed by atoms with Gasteiger partial charge >= 0.3 is 0 Å². The van der Waals surface area contributed by atoms with Crippen molar-refractivity contribution in [2.45, 2.75) is 26.3 Å². The molecule has 2 nitrogen and oxygen atoms in total. The van der Waals surface area contributed by atoms with Gasteiger partial charge in [0.1, 0.15) is 5.75 Å². The Balaban J connectivity index is 2.18. The second kappa shape index (κ2) is 6.73. The van der Waals surface area contributed by atoms with Gasteiger partial charge in [-0.25, -0.2) is 0 Å². The average molecular weight is 275 g/mol. The molecule has 3 heteroatoms. The summed E-state index contributed by atoms with van der Waals surface area (Å²) >= 11 is 1.80. The Morgan fingerprint density at radius 1 is 1.21 bits per heavy atom. The summed E-state index contributed by atoms with van der Waals surface area (Å²) in [5, 5.41) is 5.54. The zero-order chi connectivity index (χ0) is 13.7. The van der Waals surface area contributed by atoms with Gasteiger partial charge in [-0.05, 0) is 55.1 Å². The van der Waals surface area contributed by atoms with Crippen LogP contribution in [0.5, 0.6) is 5.75 Å². The summed E-state index contributed by atoms with van der Waals surface area (Å²) in [5.41, 5.74) is 2.62. The highest BCUT2D eigenvalue weighted by molar-refractivity contribution is 7.10. The molecule has 1 aromatic carbocycles. The molecule has 0 saturated heterocycles. The molecule has 1 N–H and O–H groups in total. The molecule has 2 aromatic rings. The fraction of sp³-hybridized carbons (Fsp3) is 0.375. The van der Waals surface area contributed by atoms with Crippen LogP contribution in [-0.4, -0.2) is 13.7 Å². The molecule has 0 radical (unpaired) electrons. The van der Waals surface area contributed by atoms with Crippen LogP contribution in [0.2, 0.25) is 0 Å². The van der Waals surface area contributed by atoms with Gasteiger partial charge in [-0.2, -0.15) is 0 Å². The second-order valence-electron chi connectivity index (χ2n) is 4.61. The average Bonchev–Trinajstić information content (AvgIpc) is 2.85. The van der Waals surface area contributed by atoms with Crippen LogP contribution in [0, 0.1) is 6.92 Å². The Kier molecular flexibility index (Phi) is 5.00. The van der Waals surface area contributed by atoms with Crippen molar-refractivity contribution < 1.29 is 4.74 Å². The van der Waals surface area contributed by atoms with E-state index >= 15 is 0 Å². The van der Waals surface area contributed by atoms with Gasteiger partial charge in [0.05, 0.1) is 12.6 Å². The molecule has 0 fully saturated rings. The van der Waals surface area contributed by atoms with Gasteiger partial charge in [-0.15, -0.1) is 11.3 Å². The number of thiophene rings is 1. The van der Waals surface area contributed by atoms with Gasteiger partial charge in [0.15, 0.2) is 0 Å². The third-order valence-corrected chi connectivity index (χ3v) is 4.22. The highest BCUT2D eigenvalue weighted by Gasteiger charge is 2.15. The first-order valence-corrected chi connectivity index (χ1v) is 7.58. The number of hydrogen-bond acceptors (Lipinski definition) is 3. The Morgan fingerprint density at radius 2 is 1.95 bits per heavy atom. The molecule has 2 rings (SSSR count). The van der Waals surface area contributed by atoms with Gasteiger partial charge < -0.3 is 10.1 Å². The number of ether oxygens (including phenoxy) is 1. The van der Waals surface area contributed by atoms with Crippen molar-refractivity contribution in [1.82, 2.24) is 5.32 Å². The summed E-state index contributed by atoms with van der Waals surface area (Å²) in [6.07, 6.45) is 1.04. The molecule has 0 amide bonds. The summed E-state index contributed by atoms with van der Waals surface area (Å²) in [6.45, 7) is 5.05. The summed E-state index contributed by atoms with van der Waals surface area (Å²) < 4.78 is 5.62. The first-order valence-electron chi connectivity index (χ1n) is 6.70. The van der Waals surface area contributed by atoms with Crippen LogP contribution in [0.4, 0.5) is 0 Å². The molecular weight excluding hydrogens is 254 g/mol. The van der Waals surface area contributed by atoms with Crippen LogP contribution >= 0.6 is 11.3 Å². The maximum atomic E-state index is 5.62. The highest BCUT2D eigenvalue weighted by atomic mass is 32.1. The molecule has 1 heterocycles. The van der Waals surface area contributed by atoms with Crippen molar-refractivity contribution in [2.24, 2.45) is 0 Å². The maximum Gasteiger partial charge on any atom is 0.119 e. The Morgan fingerprint density at radius 3 is 2.47 bits per heavy atom. The zero-order valence-electron chi connectivity index (χ0n) is 11.8. The van der Waals surface area contributed by atoms with Crippen LogP contribution in [0.3, 0.4) is 0 Å². The van der Waals surface area contributed by atoms with Crippen molar-refractivity contribution in [2.75, 3.05) is 13.7 Å². The molecule has 1 unspecified atom stereocenters. The van der Waals surface area contributed by atoms with Crippen molar-refractivity contribution in [3.63, 3.8) is 0 Å². The smallest absolute Gasteiger partial charge is 0.119 e. The standard InChI is InChI=1S/C16H21NOS/c1-4-10-18-14-7-5-13(6-8-14)15(17-3)16-12(2)9-11-19-16/h5-9,11,15,17H,4,10H2,1-3H3. The predicted molar refractivity (Wildman–Crippen MR) is 82.2 cm³/mol. The van der Waals surface area contributed by atoms with E-state index in [2.05, 4.69) is 54.9 Å². The minimum atomic E-state index is 0.264. The SMILES string of the molecule is CCCOc1ccc(C(NC)c2sccc2C)cc1. The summed E-state index contributed by atoms with van der Waals surface area (Å²) in [4.78, 5) is 1.38. The van der Waals surface area contributed by atoms with E-state index in [-0.39, 0.29) is 6.04 Å². The van der Waals surface area contributed by atoms with E-state index in [0.29, 0.717) is 0 Å². The van der Waals surface area contributed by atoms with E-state index in [1.807, 2.05) is 7.05 Å². The lowest BCUT2D eigenvalue weighted by Crippen LogP contribution is -2.17. The fourth-order valence-corrected chi connectivity index (χ4v) is 3.17. The molecule has 1 atom stereocenters. The Bertz CT molecular complexity index is 504. The lowest BCUT2D eigenvalue weighted by atomic mass is 10.0. The van der Waals surface area contributed by atoms with Gasteiger partial charge in [0.2, 0.25) is 0 Å². The van der Waals surface area contributed by atoms with Gasteiger partial charge in [0.25, 0.3) is 0 Å². The van der Waals surface area contributed by atoms with E-state index in [1.54, 1.807) is 11.3 Å². The lowest BCUT2D eigenvalue weighted by molar-refractivity contribution is 0.317. The fourth-order valence-electron chi connectivity index (χ4n) is 2.11. The first kappa shape index (κ1) is 14.1. The van der Waals surface area contributed by atoms with Crippen LogP contribution < -0.4 is 10.1 Å². The number of aryl methyl sites for hydroxylation is 1. The van der Waals surface area contributed by atoms with E-state index in [1.165, 1.54) is 16.0 Å². The zero-order valence-corrected chi connectivity index (χ0v) is 12.6. The summed E-state index contributed by atoms with van der Waals surface area (Å²) in [6, 6.07) is 10.8. The number of nitrogens with one attached hydrogen (secondary N) is 1. The van der Waals surface area contributed by atoms with Crippen LogP contribution in [0.1, 0.15) is 35.4 Å². The Hall–Kier alpha value is -1.32. The lowest BCUT2D eigenvalue weighted by Gasteiger charge is -2.17. The monoisotopic (exact) mass is 275 g/mol. The third kappa shape index (κ3) is 3.37. The maximum absolute atomic E-state index is 5.62. The first-order chi connectivity index (χ1) is 9.26. The van der Waals surface area contributed by atoms with E-state index in [9.17, 15) is 0 Å². The van der Waals surface area contributed by atoms with Gasteiger partial charge in [-0.1, -0.05) is 19.1 Å². The summed E-state index contributed by atoms with van der Waals surface area (Å²) in [7, 11) is 2.01. The molecule has 102 valence electrons. The van der Waals surface area contributed by atoms with E-state index in [0.717, 1.165) is 18.8 Å². The number of hydrogen-bond donors (Lipinski definition) is 1. The van der Waals surface area contributed by atoms with E-state index in [4.69, 9.17) is 4.74 Å². The molecule has 0 saturated carbocycles. The number of benzene rings is 1. The minimum absolute atomic E-state index is 0.264. The minimum Gasteiger partial charge on any atom is -0.494 e. The molecule has 0 bridgehead atoms. The van der Waals surface area contributed by atoms with Gasteiger partial charge in [-0.3, -0.25) is 0 Å². The normalized spacial score (nSPS) is 12.4. The second-order valence-corrected chi connectivity index (χ2v) is 5.55. The van der Waals surface area contributed by atoms with Crippen molar-refractivity contribution in [3.8, 4) is 5.75 Å². The predicted octanol–water partition coefficient (Wildman–Crippen LogP) is 4.15. The van der Waals surface area contributed by atoms with Gasteiger partial charge in [0, 0.05) is 4.88 Å². The molecule has 0 aliphatic carbocycles. The van der Waals surface area contributed by atoms with Crippen molar-refractivity contribution in [3.05, 3.63) is 51.7 Å². The highest BCUT2D eigenvalue weighted by Crippen LogP contribution is 2.30. The van der Waals surface area contributed by atoms with Crippen LogP contribution in [0.25, 0.3) is 0 Å². The van der Waals surface area contributed by atoms with E-state index < -0.39 is 0 Å². The third-order valence-electron chi connectivity index (χ3n) is 3.14. The molecule has 1 aromatic heterocycles. The topological polar surface area (TPSA) is 21.3 Å². The molecule has 19 heavy (non-hydrogen) atoms.